The molecule has 178 valence electrons. The molecule has 3 aromatic carbocycles. The first-order valence-electron chi connectivity index (χ1n) is 11.4. The molecule has 0 amide bonds. The Balaban J connectivity index is 1.83. The minimum absolute atomic E-state index is 0.892. The second-order valence-electron chi connectivity index (χ2n) is 9.55. The topological polar surface area (TPSA) is 55.4 Å². The van der Waals surface area contributed by atoms with Gasteiger partial charge in [0, 0.05) is 11.7 Å². The highest BCUT2D eigenvalue weighted by Crippen LogP contribution is 2.38. The maximum atomic E-state index is 7.39. The van der Waals surface area contributed by atoms with Crippen LogP contribution in [0.1, 0.15) is 0 Å². The highest BCUT2D eigenvalue weighted by Gasteiger charge is 2.68. The van der Waals surface area contributed by atoms with E-state index in [9.17, 15) is 0 Å². The largest absolute Gasteiger partial charge is 0.510 e. The Hall–Kier alpha value is -1.50. The third-order valence-electron chi connectivity index (χ3n) is 5.66. The van der Waals surface area contributed by atoms with E-state index >= 15 is 0 Å². The SMILES string of the molecule is C[Si]1(C)O[Si]2(C)O[Si](C)(C)O[Si](c3ccccc3)(O1)O[Si](c1ccccc1)(c1ccccc1)O2. The van der Waals surface area contributed by atoms with Crippen LogP contribution >= 0.6 is 0 Å². The van der Waals surface area contributed by atoms with Gasteiger partial charge in [-0.3, -0.25) is 0 Å². The van der Waals surface area contributed by atoms with E-state index in [1.807, 2.05) is 99.5 Å². The maximum absolute atomic E-state index is 7.39. The smallest absolute Gasteiger partial charge is 0.395 e. The molecular formula is C23H30O6Si5. The summed E-state index contributed by atoms with van der Waals surface area (Å²) >= 11 is 0. The molecule has 0 spiro atoms. The van der Waals surface area contributed by atoms with Crippen LogP contribution in [0, 0.1) is 0 Å². The first kappa shape index (κ1) is 24.2. The lowest BCUT2D eigenvalue weighted by Crippen LogP contribution is -2.83. The average molecular weight is 543 g/mol. The molecular weight excluding hydrogens is 513 g/mol. The first-order valence-corrected chi connectivity index (χ1v) is 22.8. The van der Waals surface area contributed by atoms with Crippen molar-refractivity contribution in [2.45, 2.75) is 32.7 Å². The summed E-state index contributed by atoms with van der Waals surface area (Å²) in [5.41, 5.74) is 0. The molecule has 3 fully saturated rings. The van der Waals surface area contributed by atoms with E-state index in [0.717, 1.165) is 15.6 Å². The number of fused-ring (bicyclic) bond motifs is 6. The third kappa shape index (κ3) is 4.54. The van der Waals surface area contributed by atoms with Gasteiger partial charge in [-0.1, -0.05) is 91.0 Å². The lowest BCUT2D eigenvalue weighted by atomic mass is 10.4. The van der Waals surface area contributed by atoms with E-state index in [-0.39, 0.29) is 0 Å². The lowest BCUT2D eigenvalue weighted by Gasteiger charge is -2.54. The Labute approximate surface area is 206 Å². The van der Waals surface area contributed by atoms with Gasteiger partial charge in [0.2, 0.25) is 0 Å². The summed E-state index contributed by atoms with van der Waals surface area (Å²) in [6, 6.07) is 30.3. The Morgan fingerprint density at radius 3 is 1.21 bits per heavy atom. The maximum Gasteiger partial charge on any atom is 0.510 e. The monoisotopic (exact) mass is 542 g/mol. The van der Waals surface area contributed by atoms with Gasteiger partial charge in [-0.15, -0.1) is 0 Å². The summed E-state index contributed by atoms with van der Waals surface area (Å²) in [4.78, 5) is 0. The zero-order chi connectivity index (χ0) is 24.1. The van der Waals surface area contributed by atoms with E-state index in [0.29, 0.717) is 0 Å². The van der Waals surface area contributed by atoms with E-state index in [1.54, 1.807) is 0 Å². The van der Waals surface area contributed by atoms with Crippen LogP contribution in [-0.4, -0.2) is 43.3 Å². The average Bonchev–Trinajstić information content (AvgIpc) is 2.77. The van der Waals surface area contributed by atoms with Gasteiger partial charge in [-0.25, -0.2) is 0 Å². The van der Waals surface area contributed by atoms with E-state index < -0.39 is 43.3 Å². The summed E-state index contributed by atoms with van der Waals surface area (Å²) in [5, 5.41) is 2.83. The Morgan fingerprint density at radius 2 is 0.794 bits per heavy atom. The van der Waals surface area contributed by atoms with Crippen molar-refractivity contribution >= 4 is 58.9 Å². The molecule has 0 atom stereocenters. The van der Waals surface area contributed by atoms with Gasteiger partial charge in [0.1, 0.15) is 0 Å². The molecule has 2 bridgehead atoms. The first-order chi connectivity index (χ1) is 16.1. The molecule has 3 saturated heterocycles. The molecule has 3 aliphatic rings. The van der Waals surface area contributed by atoms with Crippen LogP contribution in [0.3, 0.4) is 0 Å². The highest BCUT2D eigenvalue weighted by atomic mass is 28.6. The van der Waals surface area contributed by atoms with Crippen LogP contribution in [0.4, 0.5) is 0 Å². The van der Waals surface area contributed by atoms with E-state index in [1.165, 1.54) is 0 Å². The van der Waals surface area contributed by atoms with Crippen molar-refractivity contribution in [1.29, 1.82) is 0 Å². The predicted molar refractivity (Wildman–Crippen MR) is 143 cm³/mol. The molecule has 0 aromatic heterocycles. The van der Waals surface area contributed by atoms with Crippen molar-refractivity contribution in [2.24, 2.45) is 0 Å². The Bertz CT molecular complexity index is 1090. The minimum Gasteiger partial charge on any atom is -0.395 e. The van der Waals surface area contributed by atoms with Gasteiger partial charge >= 0.3 is 43.3 Å². The summed E-state index contributed by atoms with van der Waals surface area (Å²) in [6.45, 7) is 10.0. The predicted octanol–water partition coefficient (Wildman–Crippen LogP) is 3.19. The van der Waals surface area contributed by atoms with Crippen molar-refractivity contribution in [2.75, 3.05) is 0 Å². The standard InChI is InChI=1S/C23H30O6Si5/c1-30(2)24-32(5)25-31(3,4)27-34(26-30,23-19-13-8-14-20-23)29-33(28-32,21-15-9-6-10-16-21)22-17-11-7-12-18-22/h6-20H,1-5H3. The zero-order valence-electron chi connectivity index (χ0n) is 20.1. The number of rotatable bonds is 3. The summed E-state index contributed by atoms with van der Waals surface area (Å²) in [6.07, 6.45) is 0. The second-order valence-corrected chi connectivity index (χ2v) is 25.8. The summed E-state index contributed by atoms with van der Waals surface area (Å²) in [7, 11) is -15.7. The summed E-state index contributed by atoms with van der Waals surface area (Å²) in [5.74, 6) is 0. The van der Waals surface area contributed by atoms with E-state index in [2.05, 4.69) is 24.3 Å². The van der Waals surface area contributed by atoms with Gasteiger partial charge in [0.25, 0.3) is 0 Å². The highest BCUT2D eigenvalue weighted by molar-refractivity contribution is 7.07. The van der Waals surface area contributed by atoms with Gasteiger partial charge in [-0.05, 0) is 36.6 Å². The third-order valence-corrected chi connectivity index (χ3v) is 26.7. The molecule has 3 heterocycles. The second kappa shape index (κ2) is 8.56. The van der Waals surface area contributed by atoms with Crippen molar-refractivity contribution < 1.29 is 24.7 Å². The van der Waals surface area contributed by atoms with E-state index in [4.69, 9.17) is 24.7 Å². The molecule has 3 aromatic rings. The molecule has 0 saturated carbocycles. The number of benzene rings is 3. The van der Waals surface area contributed by atoms with Crippen molar-refractivity contribution in [1.82, 2.24) is 0 Å². The molecule has 0 N–H and O–H groups in total. The fourth-order valence-corrected chi connectivity index (χ4v) is 31.0. The van der Waals surface area contributed by atoms with Gasteiger partial charge < -0.3 is 24.7 Å². The van der Waals surface area contributed by atoms with Crippen molar-refractivity contribution in [3.63, 3.8) is 0 Å². The molecule has 0 unspecified atom stereocenters. The van der Waals surface area contributed by atoms with Crippen molar-refractivity contribution in [3.8, 4) is 0 Å². The van der Waals surface area contributed by atoms with Gasteiger partial charge in [0.05, 0.1) is 0 Å². The van der Waals surface area contributed by atoms with Crippen LogP contribution in [0.15, 0.2) is 91.0 Å². The van der Waals surface area contributed by atoms with Crippen molar-refractivity contribution in [3.05, 3.63) is 91.0 Å². The Morgan fingerprint density at radius 1 is 0.412 bits per heavy atom. The molecule has 0 radical (unpaired) electrons. The quantitative estimate of drug-likeness (QED) is 0.474. The minimum atomic E-state index is -3.58. The number of hydrogen-bond donors (Lipinski definition) is 0. The van der Waals surface area contributed by atoms with Gasteiger partial charge in [0.15, 0.2) is 0 Å². The summed E-state index contributed by atoms with van der Waals surface area (Å²) < 4.78 is 42.1. The van der Waals surface area contributed by atoms with Crippen LogP contribution < -0.4 is 15.6 Å². The fraction of sp³-hybridized carbons (Fsp3) is 0.217. The lowest BCUT2D eigenvalue weighted by molar-refractivity contribution is 0.117. The number of hydrogen-bond acceptors (Lipinski definition) is 6. The Kier molecular flexibility index (Phi) is 6.10. The van der Waals surface area contributed by atoms with Crippen LogP contribution in [0.2, 0.25) is 32.7 Å². The normalized spacial score (nSPS) is 29.6. The fourth-order valence-electron chi connectivity index (χ4n) is 4.71. The van der Waals surface area contributed by atoms with Crippen LogP contribution in [0.5, 0.6) is 0 Å². The van der Waals surface area contributed by atoms with Crippen LogP contribution in [0.25, 0.3) is 0 Å². The zero-order valence-corrected chi connectivity index (χ0v) is 25.1. The molecule has 0 aliphatic carbocycles. The van der Waals surface area contributed by atoms with Gasteiger partial charge in [-0.2, -0.15) is 0 Å². The molecule has 3 aliphatic heterocycles. The molecule has 11 heteroatoms. The molecule has 6 rings (SSSR count). The molecule has 6 nitrogen and oxygen atoms in total. The molecule has 34 heavy (non-hydrogen) atoms. The van der Waals surface area contributed by atoms with Crippen LogP contribution in [-0.2, 0) is 24.7 Å².